The summed E-state index contributed by atoms with van der Waals surface area (Å²) in [7, 11) is 0. The lowest BCUT2D eigenvalue weighted by molar-refractivity contribution is -0.0487. The average Bonchev–Trinajstić information content (AvgIpc) is 1.55. The Morgan fingerprint density at radius 3 is 1.59 bits per heavy atom. The number of thiophene rings is 5. The van der Waals surface area contributed by atoms with E-state index in [0.29, 0.717) is 159 Å². The van der Waals surface area contributed by atoms with E-state index in [0.717, 1.165) is 45.5 Å². The molecule has 0 bridgehead atoms. The monoisotopic (exact) mass is 1930 g/mol. The van der Waals surface area contributed by atoms with Crippen LogP contribution in [-0.2, 0) is 32.7 Å². The molecule has 0 spiro atoms. The van der Waals surface area contributed by atoms with Gasteiger partial charge in [0.1, 0.15) is 101 Å². The van der Waals surface area contributed by atoms with Crippen LogP contribution < -0.4 is 38.2 Å². The van der Waals surface area contributed by atoms with Gasteiger partial charge in [0.05, 0.1) is 51.0 Å². The standard InChI is InChI=1S/C24H25N3O5S.C23H21N5O2S.C17H17N3O4S.C16H16N4OS.C15H14BrN3OS/c1-13-5-7-14(8-6-13)10-31-11-17-19(28)20(29)21(32-17)15-12-33-22-18(15)26-23(27-24(22)30)16-4-2-3-9-25-16;1-14-5-7-15(8-6-14)18-12-28(11-10-25-18)23(30)16-13-31-20-19(16)26-21(27-22(20)29)17-4-2-3-9-24-17;1-2-10-12(21)13(22)14(24-10)8-7-25-15-11(8)19-16(20-17(15)23)9-5-3-4-6-18-9;21-16-14-13(11(9-22-14)7-10-4-6-17-8-10)19-15(20-16)12-3-1-2-5-18-12;1-15(2,3)12-9(16)10-11(21-12)14(20)19-13(18-10)8-6-4-5-7-17-8/h2-9,12,17,19-21,24,28-30H,10-11H2,1H3,(H,26,27);2-9,13,18,25H,10-12H2,1H3,(H,26,27,29);3-7,10,12-14,21-22H,2H2,1H3,(H,19,20,23);1-3,5,9-10,17H,4,6-8H2,(H,19,20,21);4-7H,1-3H3,(H,18,19,20)/t17-,19-,20-,21+,24?;;10-,12-,13-,14+;;/m1.1../s1. The van der Waals surface area contributed by atoms with Gasteiger partial charge in [-0.3, -0.25) is 48.9 Å². The Kier molecular flexibility index (Phi) is 28.5. The van der Waals surface area contributed by atoms with E-state index in [1.807, 2.05) is 103 Å². The predicted molar refractivity (Wildman–Crippen MR) is 517 cm³/mol. The number of fused-ring (bicyclic) bond motifs is 5. The Labute approximate surface area is 783 Å². The number of aliphatic imine (C=N–C) groups is 1. The van der Waals surface area contributed by atoms with Gasteiger partial charge in [0.25, 0.3) is 28.1 Å². The van der Waals surface area contributed by atoms with Crippen molar-refractivity contribution in [2.45, 2.75) is 134 Å². The van der Waals surface area contributed by atoms with Crippen molar-refractivity contribution >= 4 is 131 Å². The van der Waals surface area contributed by atoms with E-state index in [9.17, 15) is 49.5 Å². The molecule has 19 heterocycles. The molecule has 37 heteroatoms. The number of rotatable bonds is 16. The van der Waals surface area contributed by atoms with Gasteiger partial charge >= 0.3 is 0 Å². The molecule has 31 nitrogen and oxygen atoms in total. The molecule has 12 N–H and O–H groups in total. The van der Waals surface area contributed by atoms with Crippen LogP contribution in [0, 0.1) is 19.8 Å². The maximum Gasteiger partial charge on any atom is 0.269 e. The minimum Gasteiger partial charge on any atom is -0.388 e. The Morgan fingerprint density at radius 2 is 1.05 bits per heavy atom. The van der Waals surface area contributed by atoms with Crippen LogP contribution in [0.25, 0.3) is 86.9 Å². The molecule has 2 aromatic carbocycles. The molecule has 1 amide bonds. The second kappa shape index (κ2) is 40.8. The van der Waals surface area contributed by atoms with Crippen LogP contribution in [0.2, 0.25) is 0 Å². The summed E-state index contributed by atoms with van der Waals surface area (Å²) in [5.41, 5.74) is 12.9. The van der Waals surface area contributed by atoms with E-state index in [1.54, 1.807) is 78.1 Å². The number of aromatic nitrogens is 13. The third-order valence-corrected chi connectivity index (χ3v) is 29.6. The first-order valence-electron chi connectivity index (χ1n) is 42.8. The molecule has 14 aromatic heterocycles. The van der Waals surface area contributed by atoms with Gasteiger partial charge < -0.3 is 80.5 Å². The van der Waals surface area contributed by atoms with Crippen molar-refractivity contribution < 1.29 is 44.5 Å². The van der Waals surface area contributed by atoms with Crippen molar-refractivity contribution in [3.63, 3.8) is 0 Å². The number of piperazine rings is 1. The highest BCUT2D eigenvalue weighted by Crippen LogP contribution is 2.47. The number of halogens is 1. The number of benzene rings is 2. The summed E-state index contributed by atoms with van der Waals surface area (Å²) in [5, 5.41) is 69.8. The number of carbonyl (C=O) groups is 1. The van der Waals surface area contributed by atoms with E-state index in [1.165, 1.54) is 79.8 Å². The predicted octanol–water partition coefficient (Wildman–Crippen LogP) is 13.8. The summed E-state index contributed by atoms with van der Waals surface area (Å²) in [6, 6.07) is 43.8. The molecule has 0 radical (unpaired) electrons. The maximum atomic E-state index is 13.4. The number of nitrogens with zero attached hydrogens (tertiary/aromatic N) is 11. The van der Waals surface area contributed by atoms with Crippen LogP contribution in [0.4, 0.5) is 5.69 Å². The van der Waals surface area contributed by atoms with E-state index < -0.39 is 55.1 Å². The average molecular weight is 1940 g/mol. The molecular weight excluding hydrogens is 1840 g/mol. The third-order valence-electron chi connectivity index (χ3n) is 22.9. The summed E-state index contributed by atoms with van der Waals surface area (Å²) >= 11 is 10.4. The number of hydrogen-bond acceptors (Lipinski definition) is 31. The number of ether oxygens (including phenoxy) is 3. The number of nitrogens with one attached hydrogen (secondary N) is 7. The highest BCUT2D eigenvalue weighted by Gasteiger charge is 2.47. The minimum absolute atomic E-state index is 0.0399. The molecule has 11 atom stereocenters. The smallest absolute Gasteiger partial charge is 0.269 e. The van der Waals surface area contributed by atoms with Crippen LogP contribution in [0.3, 0.4) is 0 Å². The van der Waals surface area contributed by atoms with Gasteiger partial charge in [-0.05, 0) is 167 Å². The van der Waals surface area contributed by atoms with Crippen LogP contribution in [0.1, 0.15) is 130 Å². The quantitative estimate of drug-likeness (QED) is 0.0427. The first-order chi connectivity index (χ1) is 63.9. The van der Waals surface area contributed by atoms with E-state index in [4.69, 9.17) is 14.2 Å². The topological polar surface area (TPSA) is 445 Å². The second-order valence-electron chi connectivity index (χ2n) is 33.2. The summed E-state index contributed by atoms with van der Waals surface area (Å²) < 4.78 is 20.8. The number of pyridine rings is 5. The fraction of sp³-hybridized carbons (Fsp3) is 0.295. The number of aromatic amines is 4. The van der Waals surface area contributed by atoms with Gasteiger partial charge in [-0.2, -0.15) is 0 Å². The number of amides is 1. The molecule has 16 aromatic rings. The molecule has 5 aliphatic rings. The summed E-state index contributed by atoms with van der Waals surface area (Å²) in [6.07, 6.45) is 3.19. The van der Waals surface area contributed by atoms with E-state index in [-0.39, 0.29) is 46.2 Å². The number of anilines is 1. The Hall–Kier alpha value is -11.7. The van der Waals surface area contributed by atoms with Crippen molar-refractivity contribution in [3.05, 3.63) is 298 Å². The van der Waals surface area contributed by atoms with Crippen LogP contribution in [-0.4, -0.2) is 183 Å². The summed E-state index contributed by atoms with van der Waals surface area (Å²) in [4.78, 5) is 122. The largest absolute Gasteiger partial charge is 0.388 e. The fourth-order valence-electron chi connectivity index (χ4n) is 16.0. The van der Waals surface area contributed by atoms with Crippen LogP contribution >= 0.6 is 72.6 Å². The molecular formula is C95H93BrN18O13S5. The lowest BCUT2D eigenvalue weighted by Crippen LogP contribution is -2.48. The van der Waals surface area contributed by atoms with Crippen LogP contribution in [0.5, 0.6) is 0 Å². The Bertz CT molecular complexity index is 7040. The molecule has 132 heavy (non-hydrogen) atoms. The highest BCUT2D eigenvalue weighted by molar-refractivity contribution is 9.10. The number of aliphatic hydroxyl groups excluding tert-OH is 5. The molecule has 4 fully saturated rings. The Balaban J connectivity index is 0.000000116. The number of aliphatic hydroxyl groups is 5. The summed E-state index contributed by atoms with van der Waals surface area (Å²) in [5.74, 6) is 2.73. The number of carbonyl (C=O) groups excluding carboxylic acids is 1. The summed E-state index contributed by atoms with van der Waals surface area (Å²) in [6.45, 7) is 16.9. The SMILES string of the molecule is CC(C)(C)c1sc2c(=O)[nH]c(-c3ccccn3)nc2c1Br.CC[C@H]1O[C@@H](c2csc3c(=O)[nH]c(-c4ccccn4)nc23)[C@H](O)[C@@H]1O.Cc1ccc(C2CN(C(=O)c3csc4c(=O)[nH]c(-c5ccccn5)nc34)CCN2)cc1.Cc1ccc(COC[C@H]2O[C@@H](c3csc4c3NC(c3ccccn3)=NC4O)[C@H](O)[C@@H]2O)cc1.O=c1[nH]c(-c2ccccn2)nc2c(CC3CCNC3)csc12. The molecule has 678 valence electrons. The highest BCUT2D eigenvalue weighted by atomic mass is 79.9. The molecule has 0 aliphatic carbocycles. The maximum absolute atomic E-state index is 13.4. The van der Waals surface area contributed by atoms with Crippen molar-refractivity contribution in [2.24, 2.45) is 10.9 Å². The van der Waals surface area contributed by atoms with Gasteiger partial charge in [0.15, 0.2) is 35.4 Å². The van der Waals surface area contributed by atoms with Gasteiger partial charge in [-0.25, -0.2) is 24.9 Å². The first kappa shape index (κ1) is 92.1. The first-order valence-corrected chi connectivity index (χ1v) is 48.0. The second-order valence-corrected chi connectivity index (χ2v) is 38.6. The number of amidine groups is 1. The normalized spacial score (nSPS) is 20.4. The molecule has 5 aliphatic heterocycles. The van der Waals surface area contributed by atoms with Crippen molar-refractivity contribution in [2.75, 3.05) is 44.6 Å². The number of H-pyrrole nitrogens is 4. The van der Waals surface area contributed by atoms with Crippen molar-refractivity contribution in [1.29, 1.82) is 0 Å². The number of hydrogen-bond donors (Lipinski definition) is 12. The van der Waals surface area contributed by atoms with Gasteiger partial charge in [0, 0.05) is 78.0 Å². The Morgan fingerprint density at radius 1 is 0.553 bits per heavy atom. The molecule has 3 unspecified atom stereocenters. The van der Waals surface area contributed by atoms with Crippen molar-refractivity contribution in [3.8, 4) is 46.1 Å². The zero-order valence-corrected chi connectivity index (χ0v) is 77.9. The van der Waals surface area contributed by atoms with Gasteiger partial charge in [0.2, 0.25) is 0 Å². The van der Waals surface area contributed by atoms with Gasteiger partial charge in [-0.15, -0.1) is 56.7 Å². The van der Waals surface area contributed by atoms with Crippen molar-refractivity contribution in [1.82, 2.24) is 80.3 Å². The fourth-order valence-corrected chi connectivity index (χ4v) is 22.0. The van der Waals surface area contributed by atoms with E-state index >= 15 is 0 Å². The third kappa shape index (κ3) is 20.3. The zero-order chi connectivity index (χ0) is 92.0. The zero-order valence-electron chi connectivity index (χ0n) is 72.2. The van der Waals surface area contributed by atoms with E-state index in [2.05, 4.69) is 159 Å². The molecule has 21 rings (SSSR count). The minimum atomic E-state index is -1.13. The number of aryl methyl sites for hydroxylation is 2. The molecule has 0 saturated carbocycles. The van der Waals surface area contributed by atoms with Gasteiger partial charge in [-0.1, -0.05) is 118 Å². The lowest BCUT2D eigenvalue weighted by Gasteiger charge is -2.34. The van der Waals surface area contributed by atoms with Crippen LogP contribution in [0.15, 0.2) is 221 Å². The molecule has 4 saturated heterocycles. The lowest BCUT2D eigenvalue weighted by atomic mass is 9.95.